The first-order valence-electron chi connectivity index (χ1n) is 8.90. The predicted octanol–water partition coefficient (Wildman–Crippen LogP) is 3.79. The quantitative estimate of drug-likeness (QED) is 0.658. The van der Waals surface area contributed by atoms with Crippen molar-refractivity contribution in [1.29, 1.82) is 0 Å². The van der Waals surface area contributed by atoms with Crippen molar-refractivity contribution >= 4 is 42.1 Å². The van der Waals surface area contributed by atoms with Crippen molar-refractivity contribution in [3.05, 3.63) is 28.8 Å². The second kappa shape index (κ2) is 12.0. The second-order valence-electron chi connectivity index (χ2n) is 6.91. The zero-order valence-electron chi connectivity index (χ0n) is 16.3. The third-order valence-corrected chi connectivity index (χ3v) is 5.16. The van der Waals surface area contributed by atoms with E-state index in [1.54, 1.807) is 0 Å². The maximum absolute atomic E-state index is 10.3. The lowest BCUT2D eigenvalue weighted by Gasteiger charge is -2.37. The van der Waals surface area contributed by atoms with Gasteiger partial charge in [0.2, 0.25) is 0 Å². The summed E-state index contributed by atoms with van der Waals surface area (Å²) in [5.74, 6) is 2.66. The molecule has 0 amide bonds. The van der Waals surface area contributed by atoms with Crippen LogP contribution in [-0.2, 0) is 4.74 Å². The van der Waals surface area contributed by atoms with Gasteiger partial charge in [-0.2, -0.15) is 0 Å². The number of halogens is 3. The van der Waals surface area contributed by atoms with Crippen LogP contribution in [0.3, 0.4) is 0 Å². The minimum atomic E-state index is -0.593. The van der Waals surface area contributed by atoms with Gasteiger partial charge in [0.1, 0.15) is 5.60 Å². The van der Waals surface area contributed by atoms with E-state index in [1.807, 2.05) is 26.0 Å². The Balaban J connectivity index is 0.00000338. The zero-order chi connectivity index (χ0) is 18.4. The van der Waals surface area contributed by atoms with Gasteiger partial charge in [-0.15, -0.1) is 31.2 Å². The van der Waals surface area contributed by atoms with Crippen molar-refractivity contribution in [2.24, 2.45) is 0 Å². The Bertz CT molecular complexity index is 616. The van der Waals surface area contributed by atoms with Gasteiger partial charge in [0.05, 0.1) is 12.7 Å². The first kappa shape index (κ1) is 26.3. The summed E-state index contributed by atoms with van der Waals surface area (Å²) in [6.07, 6.45) is 5.70. The lowest BCUT2D eigenvalue weighted by atomic mass is 10.1. The minimum Gasteiger partial charge on any atom is -0.389 e. The smallest absolute Gasteiger partial charge is 0.125 e. The fraction of sp³-hybridized carbons (Fsp3) is 0.600. The molecule has 154 valence electrons. The average Bonchev–Trinajstić information content (AvgIpc) is 2.62. The Kier molecular flexibility index (Phi) is 11.7. The summed E-state index contributed by atoms with van der Waals surface area (Å²) in [7, 11) is 0. The van der Waals surface area contributed by atoms with Gasteiger partial charge < -0.3 is 14.7 Å². The van der Waals surface area contributed by atoms with Crippen LogP contribution in [0.5, 0.6) is 0 Å². The molecule has 0 aliphatic carbocycles. The number of aliphatic hydroxyl groups is 1. The monoisotopic (exact) mass is 436 g/mol. The van der Waals surface area contributed by atoms with E-state index in [4.69, 9.17) is 22.8 Å². The molecule has 1 heterocycles. The van der Waals surface area contributed by atoms with Crippen molar-refractivity contribution in [1.82, 2.24) is 4.90 Å². The second-order valence-corrected chi connectivity index (χ2v) is 7.35. The van der Waals surface area contributed by atoms with Crippen LogP contribution in [0.4, 0.5) is 5.69 Å². The number of hydrogen-bond acceptors (Lipinski definition) is 4. The molecule has 0 spiro atoms. The number of anilines is 1. The van der Waals surface area contributed by atoms with Crippen LogP contribution in [0.15, 0.2) is 18.2 Å². The van der Waals surface area contributed by atoms with Gasteiger partial charge in [0.25, 0.3) is 0 Å². The molecule has 1 aromatic carbocycles. The van der Waals surface area contributed by atoms with Gasteiger partial charge in [-0.25, -0.2) is 0 Å². The topological polar surface area (TPSA) is 35.9 Å². The number of aliphatic hydroxyl groups excluding tert-OH is 1. The molecule has 1 saturated heterocycles. The molecule has 1 aromatic rings. The molecule has 2 unspecified atom stereocenters. The third-order valence-electron chi connectivity index (χ3n) is 4.93. The van der Waals surface area contributed by atoms with E-state index < -0.39 is 11.7 Å². The maximum atomic E-state index is 10.3. The van der Waals surface area contributed by atoms with Crippen LogP contribution in [0, 0.1) is 19.3 Å². The molecule has 0 bridgehead atoms. The molecular weight excluding hydrogens is 407 g/mol. The van der Waals surface area contributed by atoms with Crippen molar-refractivity contribution in [2.45, 2.75) is 38.9 Å². The number of hydrogen-bond donors (Lipinski definition) is 1. The van der Waals surface area contributed by atoms with E-state index in [-0.39, 0.29) is 31.4 Å². The zero-order valence-corrected chi connectivity index (χ0v) is 18.7. The van der Waals surface area contributed by atoms with Gasteiger partial charge in [-0.05, 0) is 38.0 Å². The van der Waals surface area contributed by atoms with E-state index >= 15 is 0 Å². The van der Waals surface area contributed by atoms with E-state index in [0.717, 1.165) is 37.6 Å². The Morgan fingerprint density at radius 3 is 2.48 bits per heavy atom. The van der Waals surface area contributed by atoms with Gasteiger partial charge in [0.15, 0.2) is 0 Å². The number of ether oxygens (including phenoxy) is 1. The van der Waals surface area contributed by atoms with Crippen LogP contribution in [0.1, 0.15) is 25.8 Å². The molecule has 27 heavy (non-hydrogen) atoms. The lowest BCUT2D eigenvalue weighted by molar-refractivity contribution is -0.0473. The molecule has 1 fully saturated rings. The van der Waals surface area contributed by atoms with Crippen LogP contribution in [-0.4, -0.2) is 61.0 Å². The van der Waals surface area contributed by atoms with Gasteiger partial charge in [0, 0.05) is 43.4 Å². The molecule has 4 nitrogen and oxygen atoms in total. The Hall–Kier alpha value is -0.670. The lowest BCUT2D eigenvalue weighted by Crippen LogP contribution is -2.49. The number of rotatable bonds is 7. The highest BCUT2D eigenvalue weighted by molar-refractivity contribution is 6.30. The molecule has 2 rings (SSSR count). The molecule has 1 aliphatic heterocycles. The highest BCUT2D eigenvalue weighted by Gasteiger charge is 2.24. The fourth-order valence-electron chi connectivity index (χ4n) is 2.97. The van der Waals surface area contributed by atoms with Crippen LogP contribution in [0.2, 0.25) is 5.02 Å². The molecule has 7 heteroatoms. The van der Waals surface area contributed by atoms with Crippen LogP contribution >= 0.6 is 36.4 Å². The van der Waals surface area contributed by atoms with Crippen molar-refractivity contribution < 1.29 is 9.84 Å². The Labute approximate surface area is 181 Å². The maximum Gasteiger partial charge on any atom is 0.125 e. The molecule has 2 atom stereocenters. The van der Waals surface area contributed by atoms with Gasteiger partial charge in [-0.3, -0.25) is 4.90 Å². The summed E-state index contributed by atoms with van der Waals surface area (Å²) in [5, 5.41) is 11.0. The number of β-amino-alcohol motifs (C(OH)–C–C–N with tert-alkyl or cyclic N) is 1. The number of piperazine rings is 1. The van der Waals surface area contributed by atoms with Gasteiger partial charge >= 0.3 is 0 Å². The highest BCUT2D eigenvalue weighted by Crippen LogP contribution is 2.25. The molecule has 0 aromatic heterocycles. The van der Waals surface area contributed by atoms with Gasteiger partial charge in [-0.1, -0.05) is 30.5 Å². The van der Waals surface area contributed by atoms with Crippen molar-refractivity contribution in [3.8, 4) is 12.3 Å². The highest BCUT2D eigenvalue weighted by atomic mass is 35.5. The van der Waals surface area contributed by atoms with E-state index in [2.05, 4.69) is 28.7 Å². The summed E-state index contributed by atoms with van der Waals surface area (Å²) in [4.78, 5) is 4.62. The average molecular weight is 438 g/mol. The Morgan fingerprint density at radius 2 is 1.93 bits per heavy atom. The summed E-state index contributed by atoms with van der Waals surface area (Å²) in [5.41, 5.74) is 1.84. The first-order valence-corrected chi connectivity index (χ1v) is 9.28. The van der Waals surface area contributed by atoms with E-state index in [9.17, 15) is 5.11 Å². The molecule has 0 saturated carbocycles. The molecular formula is C20H31Cl3N2O2. The number of nitrogens with zero attached hydrogens (tertiary/aromatic N) is 2. The molecule has 1 aliphatic rings. The molecule has 1 N–H and O–H groups in total. The number of benzene rings is 1. The summed E-state index contributed by atoms with van der Waals surface area (Å²) < 4.78 is 5.71. The normalized spacial score (nSPS) is 17.9. The standard InChI is InChI=1S/C20H29ClN2O2.2ClH/c1-5-20(4,6-2)25-15-18(24)14-22-9-11-23(12-10-22)19-13-17(21)8-7-16(19)3;;/h1,7-8,13,18,24H,6,9-12,14-15H2,2-4H3;2*1H. The van der Waals surface area contributed by atoms with Crippen LogP contribution < -0.4 is 4.90 Å². The van der Waals surface area contributed by atoms with Crippen molar-refractivity contribution in [3.63, 3.8) is 0 Å². The summed E-state index contributed by atoms with van der Waals surface area (Å²) >= 11 is 6.13. The summed E-state index contributed by atoms with van der Waals surface area (Å²) in [6.45, 7) is 10.5. The Morgan fingerprint density at radius 1 is 1.30 bits per heavy atom. The van der Waals surface area contributed by atoms with E-state index in [0.29, 0.717) is 6.54 Å². The number of aryl methyl sites for hydroxylation is 1. The van der Waals surface area contributed by atoms with Crippen LogP contribution in [0.25, 0.3) is 0 Å². The third kappa shape index (κ3) is 7.69. The minimum absolute atomic E-state index is 0. The first-order chi connectivity index (χ1) is 11.9. The largest absolute Gasteiger partial charge is 0.389 e. The predicted molar refractivity (Wildman–Crippen MR) is 119 cm³/mol. The molecule has 0 radical (unpaired) electrons. The van der Waals surface area contributed by atoms with Crippen molar-refractivity contribution in [2.75, 3.05) is 44.2 Å². The fourth-order valence-corrected chi connectivity index (χ4v) is 3.14. The number of terminal acetylenes is 1. The van der Waals surface area contributed by atoms with E-state index in [1.165, 1.54) is 11.3 Å². The summed E-state index contributed by atoms with van der Waals surface area (Å²) in [6, 6.07) is 6.01. The SMILES string of the molecule is C#CC(C)(CC)OCC(O)CN1CCN(c2cc(Cl)ccc2C)CC1.Cl.Cl.